The van der Waals surface area contributed by atoms with Crippen molar-refractivity contribution in [2.75, 3.05) is 43.1 Å². The van der Waals surface area contributed by atoms with E-state index < -0.39 is 5.97 Å². The summed E-state index contributed by atoms with van der Waals surface area (Å²) in [6.07, 6.45) is 4.48. The molecule has 2 aromatic rings. The maximum absolute atomic E-state index is 12.4. The lowest BCUT2D eigenvalue weighted by molar-refractivity contribution is -0.111. The Kier molecular flexibility index (Phi) is 6.27. The van der Waals surface area contributed by atoms with Crippen LogP contribution < -0.4 is 10.2 Å². The van der Waals surface area contributed by atoms with E-state index in [1.54, 1.807) is 37.3 Å². The van der Waals surface area contributed by atoms with Crippen molar-refractivity contribution in [3.63, 3.8) is 0 Å². The molecular formula is C20H22N2O5. The first-order chi connectivity index (χ1) is 13.2. The zero-order valence-electron chi connectivity index (χ0n) is 15.1. The van der Waals surface area contributed by atoms with Gasteiger partial charge in [0.2, 0.25) is 5.91 Å². The molecule has 1 N–H and O–H groups in total. The summed E-state index contributed by atoms with van der Waals surface area (Å²) >= 11 is 0. The molecule has 1 amide bonds. The zero-order chi connectivity index (χ0) is 19.1. The molecule has 1 aromatic carbocycles. The standard InChI is InChI=1S/C20H22N2O5/c1-2-26-20(24)17-14-15(5-7-18(17)22-9-12-25-13-10-22)21-19(23)8-6-16-4-3-11-27-16/h3-8,11,14H,2,9-10,12-13H2,1H3,(H,21,23)/b8-6+. The number of carbonyl (C=O) groups is 2. The third kappa shape index (κ3) is 4.98. The fourth-order valence-electron chi connectivity index (χ4n) is 2.79. The summed E-state index contributed by atoms with van der Waals surface area (Å²) in [6, 6.07) is 8.73. The molecule has 0 saturated carbocycles. The van der Waals surface area contributed by atoms with Crippen LogP contribution in [0.3, 0.4) is 0 Å². The fourth-order valence-corrected chi connectivity index (χ4v) is 2.79. The number of ether oxygens (including phenoxy) is 2. The van der Waals surface area contributed by atoms with Crippen LogP contribution in [0.1, 0.15) is 23.0 Å². The minimum absolute atomic E-state index is 0.282. The van der Waals surface area contributed by atoms with E-state index in [0.717, 1.165) is 5.69 Å². The number of amides is 1. The van der Waals surface area contributed by atoms with Gasteiger partial charge in [-0.1, -0.05) is 0 Å². The smallest absolute Gasteiger partial charge is 0.340 e. The van der Waals surface area contributed by atoms with Gasteiger partial charge in [0.25, 0.3) is 0 Å². The number of benzene rings is 1. The average molecular weight is 370 g/mol. The molecule has 0 atom stereocenters. The topological polar surface area (TPSA) is 81.0 Å². The number of nitrogens with zero attached hydrogens (tertiary/aromatic N) is 1. The largest absolute Gasteiger partial charge is 0.465 e. The van der Waals surface area contributed by atoms with Gasteiger partial charge in [-0.2, -0.15) is 0 Å². The van der Waals surface area contributed by atoms with Gasteiger partial charge in [-0.25, -0.2) is 4.79 Å². The first-order valence-electron chi connectivity index (χ1n) is 8.84. The van der Waals surface area contributed by atoms with Gasteiger partial charge >= 0.3 is 5.97 Å². The number of rotatable bonds is 6. The van der Waals surface area contributed by atoms with E-state index in [1.807, 2.05) is 6.07 Å². The van der Waals surface area contributed by atoms with Crippen LogP contribution in [0.5, 0.6) is 0 Å². The highest BCUT2D eigenvalue weighted by molar-refractivity contribution is 6.03. The Morgan fingerprint density at radius 1 is 1.26 bits per heavy atom. The van der Waals surface area contributed by atoms with Gasteiger partial charge in [0.05, 0.1) is 37.3 Å². The Balaban J connectivity index is 1.78. The van der Waals surface area contributed by atoms with Crippen LogP contribution in [0, 0.1) is 0 Å². The summed E-state index contributed by atoms with van der Waals surface area (Å²) in [4.78, 5) is 26.6. The molecule has 142 valence electrons. The molecule has 2 heterocycles. The maximum Gasteiger partial charge on any atom is 0.340 e. The zero-order valence-corrected chi connectivity index (χ0v) is 15.1. The average Bonchev–Trinajstić information content (AvgIpc) is 3.21. The van der Waals surface area contributed by atoms with Crippen molar-refractivity contribution in [2.24, 2.45) is 0 Å². The van der Waals surface area contributed by atoms with Crippen LogP contribution in [0.25, 0.3) is 6.08 Å². The van der Waals surface area contributed by atoms with Crippen LogP contribution in [-0.2, 0) is 14.3 Å². The minimum atomic E-state index is -0.416. The number of carbonyl (C=O) groups excluding carboxylic acids is 2. The molecule has 3 rings (SSSR count). The number of anilines is 2. The molecule has 1 aliphatic heterocycles. The first kappa shape index (κ1) is 18.7. The van der Waals surface area contributed by atoms with Crippen LogP contribution in [0.15, 0.2) is 47.1 Å². The van der Waals surface area contributed by atoms with E-state index in [-0.39, 0.29) is 12.5 Å². The van der Waals surface area contributed by atoms with E-state index in [2.05, 4.69) is 10.2 Å². The van der Waals surface area contributed by atoms with E-state index in [0.29, 0.717) is 43.3 Å². The molecule has 27 heavy (non-hydrogen) atoms. The molecule has 0 aliphatic carbocycles. The lowest BCUT2D eigenvalue weighted by atomic mass is 10.1. The molecule has 0 bridgehead atoms. The molecule has 7 nitrogen and oxygen atoms in total. The third-order valence-electron chi connectivity index (χ3n) is 4.05. The third-order valence-corrected chi connectivity index (χ3v) is 4.05. The number of esters is 1. The molecule has 0 spiro atoms. The van der Waals surface area contributed by atoms with Crippen LogP contribution in [-0.4, -0.2) is 44.8 Å². The van der Waals surface area contributed by atoms with Gasteiger partial charge in [-0.05, 0) is 43.3 Å². The van der Waals surface area contributed by atoms with Crippen LogP contribution in [0.4, 0.5) is 11.4 Å². The van der Waals surface area contributed by atoms with E-state index in [4.69, 9.17) is 13.9 Å². The molecule has 0 radical (unpaired) electrons. The van der Waals surface area contributed by atoms with Crippen LogP contribution >= 0.6 is 0 Å². The van der Waals surface area contributed by atoms with Crippen molar-refractivity contribution >= 4 is 29.3 Å². The summed E-state index contributed by atoms with van der Waals surface area (Å²) in [5.74, 6) is -0.151. The highest BCUT2D eigenvalue weighted by Gasteiger charge is 2.20. The van der Waals surface area contributed by atoms with Crippen molar-refractivity contribution in [1.82, 2.24) is 0 Å². The van der Waals surface area contributed by atoms with E-state index in [9.17, 15) is 9.59 Å². The Labute approximate surface area is 157 Å². The monoisotopic (exact) mass is 370 g/mol. The molecule has 1 aromatic heterocycles. The second-order valence-electron chi connectivity index (χ2n) is 5.89. The maximum atomic E-state index is 12.4. The van der Waals surface area contributed by atoms with Gasteiger partial charge in [0.1, 0.15) is 5.76 Å². The lowest BCUT2D eigenvalue weighted by Gasteiger charge is -2.30. The number of furan rings is 1. The van der Waals surface area contributed by atoms with Crippen molar-refractivity contribution in [3.05, 3.63) is 54.0 Å². The van der Waals surface area contributed by atoms with Crippen molar-refractivity contribution in [2.45, 2.75) is 6.92 Å². The van der Waals surface area contributed by atoms with Crippen molar-refractivity contribution in [1.29, 1.82) is 0 Å². The second-order valence-corrected chi connectivity index (χ2v) is 5.89. The number of hydrogen-bond donors (Lipinski definition) is 1. The van der Waals surface area contributed by atoms with Crippen molar-refractivity contribution < 1.29 is 23.5 Å². The molecular weight excluding hydrogens is 348 g/mol. The Hall–Kier alpha value is -3.06. The summed E-state index contributed by atoms with van der Waals surface area (Å²) < 4.78 is 15.7. The van der Waals surface area contributed by atoms with Gasteiger partial charge in [-0.15, -0.1) is 0 Å². The predicted molar refractivity (Wildman–Crippen MR) is 102 cm³/mol. The second kappa shape index (κ2) is 9.05. The van der Waals surface area contributed by atoms with Crippen LogP contribution in [0.2, 0.25) is 0 Å². The summed E-state index contributed by atoms with van der Waals surface area (Å²) in [6.45, 7) is 4.66. The van der Waals surface area contributed by atoms with Crippen molar-refractivity contribution in [3.8, 4) is 0 Å². The Morgan fingerprint density at radius 3 is 2.78 bits per heavy atom. The summed E-state index contributed by atoms with van der Waals surface area (Å²) in [7, 11) is 0. The van der Waals surface area contributed by atoms with E-state index in [1.165, 1.54) is 12.3 Å². The Bertz CT molecular complexity index is 808. The minimum Gasteiger partial charge on any atom is -0.465 e. The SMILES string of the molecule is CCOC(=O)c1cc(NC(=O)/C=C/c2ccco2)ccc1N1CCOCC1. The molecule has 1 saturated heterocycles. The first-order valence-corrected chi connectivity index (χ1v) is 8.84. The molecule has 1 aliphatic rings. The molecule has 1 fully saturated rings. The quantitative estimate of drug-likeness (QED) is 0.622. The number of nitrogens with one attached hydrogen (secondary N) is 1. The number of hydrogen-bond acceptors (Lipinski definition) is 6. The fraction of sp³-hybridized carbons (Fsp3) is 0.300. The summed E-state index contributed by atoms with van der Waals surface area (Å²) in [5, 5.41) is 2.75. The highest BCUT2D eigenvalue weighted by Crippen LogP contribution is 2.26. The Morgan fingerprint density at radius 2 is 2.07 bits per heavy atom. The normalized spacial score (nSPS) is 14.3. The lowest BCUT2D eigenvalue weighted by Crippen LogP contribution is -2.37. The van der Waals surface area contributed by atoms with Gasteiger partial charge in [0, 0.05) is 24.9 Å². The van der Waals surface area contributed by atoms with Gasteiger partial charge in [0.15, 0.2) is 0 Å². The predicted octanol–water partition coefficient (Wildman–Crippen LogP) is 2.94. The summed E-state index contributed by atoms with van der Waals surface area (Å²) in [5.41, 5.74) is 1.72. The van der Waals surface area contributed by atoms with E-state index >= 15 is 0 Å². The van der Waals surface area contributed by atoms with Gasteiger partial charge < -0.3 is 24.1 Å². The van der Waals surface area contributed by atoms with Gasteiger partial charge in [-0.3, -0.25) is 4.79 Å². The highest BCUT2D eigenvalue weighted by atomic mass is 16.5. The molecule has 7 heteroatoms. The number of morpholine rings is 1. The molecule has 0 unspecified atom stereocenters.